The number of piperidine rings is 1. The lowest BCUT2D eigenvalue weighted by Gasteiger charge is -2.34. The molecule has 0 saturated carbocycles. The van der Waals surface area contributed by atoms with Gasteiger partial charge in [-0.15, -0.1) is 13.2 Å². The van der Waals surface area contributed by atoms with Gasteiger partial charge >= 0.3 is 6.36 Å². The van der Waals surface area contributed by atoms with Gasteiger partial charge in [-0.3, -0.25) is 4.79 Å². The number of hydrogen-bond donors (Lipinski definition) is 1. The van der Waals surface area contributed by atoms with Crippen LogP contribution in [-0.4, -0.2) is 37.4 Å². The summed E-state index contributed by atoms with van der Waals surface area (Å²) in [7, 11) is 1.61. The van der Waals surface area contributed by atoms with Gasteiger partial charge in [0, 0.05) is 36.9 Å². The fourth-order valence-electron chi connectivity index (χ4n) is 3.41. The SMILES string of the molecule is CNC(=O)[C@@H]1CCCN(c2cc(C)nc3c(OC(F)(F)F)cccc23)C1. The van der Waals surface area contributed by atoms with Gasteiger partial charge in [-0.25, -0.2) is 4.98 Å². The number of carbonyl (C=O) groups is 1. The second-order valence-corrected chi connectivity index (χ2v) is 6.38. The van der Waals surface area contributed by atoms with Gasteiger partial charge in [0.25, 0.3) is 0 Å². The number of pyridine rings is 1. The Morgan fingerprint density at radius 3 is 2.85 bits per heavy atom. The molecule has 1 aliphatic rings. The van der Waals surface area contributed by atoms with Crippen LogP contribution in [0.2, 0.25) is 0 Å². The summed E-state index contributed by atoms with van der Waals surface area (Å²) in [6, 6.07) is 6.34. The lowest BCUT2D eigenvalue weighted by Crippen LogP contribution is -2.42. The average molecular weight is 367 g/mol. The van der Waals surface area contributed by atoms with Gasteiger partial charge in [-0.05, 0) is 31.9 Å². The molecule has 0 unspecified atom stereocenters. The van der Waals surface area contributed by atoms with Crippen LogP contribution in [0.3, 0.4) is 0 Å². The highest BCUT2D eigenvalue weighted by molar-refractivity contribution is 5.96. The van der Waals surface area contributed by atoms with E-state index in [-0.39, 0.29) is 23.1 Å². The third kappa shape index (κ3) is 3.84. The fraction of sp³-hybridized carbons (Fsp3) is 0.444. The molecule has 1 aromatic carbocycles. The number of halogens is 3. The minimum Gasteiger partial charge on any atom is -0.403 e. The molecule has 1 aliphatic heterocycles. The Balaban J connectivity index is 2.03. The number of nitrogens with one attached hydrogen (secondary N) is 1. The first kappa shape index (κ1) is 18.3. The normalized spacial score (nSPS) is 18.0. The highest BCUT2D eigenvalue weighted by Gasteiger charge is 2.32. The topological polar surface area (TPSA) is 54.5 Å². The molecule has 0 bridgehead atoms. The smallest absolute Gasteiger partial charge is 0.403 e. The number of hydrogen-bond acceptors (Lipinski definition) is 4. The number of anilines is 1. The van der Waals surface area contributed by atoms with Crippen molar-refractivity contribution >= 4 is 22.5 Å². The Labute approximate surface area is 149 Å². The van der Waals surface area contributed by atoms with Crippen LogP contribution >= 0.6 is 0 Å². The quantitative estimate of drug-likeness (QED) is 0.903. The third-order valence-electron chi connectivity index (χ3n) is 4.51. The largest absolute Gasteiger partial charge is 0.573 e. The summed E-state index contributed by atoms with van der Waals surface area (Å²) >= 11 is 0. The van der Waals surface area contributed by atoms with Gasteiger partial charge in [-0.2, -0.15) is 0 Å². The Kier molecular flexibility index (Phi) is 4.93. The molecule has 5 nitrogen and oxygen atoms in total. The van der Waals surface area contributed by atoms with Gasteiger partial charge in [0.15, 0.2) is 5.75 Å². The predicted molar refractivity (Wildman–Crippen MR) is 92.2 cm³/mol. The molecule has 1 fully saturated rings. The average Bonchev–Trinajstić information content (AvgIpc) is 2.60. The Morgan fingerprint density at radius 1 is 1.38 bits per heavy atom. The van der Waals surface area contributed by atoms with Gasteiger partial charge in [-0.1, -0.05) is 12.1 Å². The maximum absolute atomic E-state index is 12.7. The van der Waals surface area contributed by atoms with Crippen molar-refractivity contribution in [3.8, 4) is 5.75 Å². The van der Waals surface area contributed by atoms with Crippen molar-refractivity contribution in [1.82, 2.24) is 10.3 Å². The molecule has 0 radical (unpaired) electrons. The summed E-state index contributed by atoms with van der Waals surface area (Å²) in [6.45, 7) is 2.98. The first-order chi connectivity index (χ1) is 12.3. The van der Waals surface area contributed by atoms with E-state index in [1.165, 1.54) is 12.1 Å². The van der Waals surface area contributed by atoms with Crippen molar-refractivity contribution in [2.75, 3.05) is 25.0 Å². The highest BCUT2D eigenvalue weighted by Crippen LogP contribution is 2.36. The van der Waals surface area contributed by atoms with E-state index in [2.05, 4.69) is 15.0 Å². The van der Waals surface area contributed by atoms with Gasteiger partial charge in [0.1, 0.15) is 5.52 Å². The lowest BCUT2D eigenvalue weighted by atomic mass is 9.96. The molecule has 2 aromatic rings. The van der Waals surface area contributed by atoms with Crippen LogP contribution in [0.1, 0.15) is 18.5 Å². The van der Waals surface area contributed by atoms with E-state index in [4.69, 9.17) is 0 Å². The van der Waals surface area contributed by atoms with E-state index in [9.17, 15) is 18.0 Å². The van der Waals surface area contributed by atoms with Crippen molar-refractivity contribution in [2.45, 2.75) is 26.1 Å². The molecule has 26 heavy (non-hydrogen) atoms. The maximum atomic E-state index is 12.7. The summed E-state index contributed by atoms with van der Waals surface area (Å²) in [4.78, 5) is 18.3. The number of nitrogens with zero attached hydrogens (tertiary/aromatic N) is 2. The number of alkyl halides is 3. The zero-order chi connectivity index (χ0) is 18.9. The minimum atomic E-state index is -4.78. The summed E-state index contributed by atoms with van der Waals surface area (Å²) in [5.41, 5.74) is 1.53. The van der Waals surface area contributed by atoms with E-state index >= 15 is 0 Å². The summed E-state index contributed by atoms with van der Waals surface area (Å²) in [5.74, 6) is -0.488. The van der Waals surface area contributed by atoms with Crippen LogP contribution < -0.4 is 15.0 Å². The number of aryl methyl sites for hydroxylation is 1. The van der Waals surface area contributed by atoms with Crippen molar-refractivity contribution in [3.63, 3.8) is 0 Å². The number of amides is 1. The second-order valence-electron chi connectivity index (χ2n) is 6.38. The van der Waals surface area contributed by atoms with E-state index < -0.39 is 6.36 Å². The third-order valence-corrected chi connectivity index (χ3v) is 4.51. The van der Waals surface area contributed by atoms with Gasteiger partial charge in [0.05, 0.1) is 5.92 Å². The zero-order valence-corrected chi connectivity index (χ0v) is 14.6. The predicted octanol–water partition coefficient (Wildman–Crippen LogP) is 3.40. The monoisotopic (exact) mass is 367 g/mol. The molecule has 1 N–H and O–H groups in total. The first-order valence-electron chi connectivity index (χ1n) is 8.41. The maximum Gasteiger partial charge on any atom is 0.573 e. The molecule has 8 heteroatoms. The summed E-state index contributed by atoms with van der Waals surface area (Å²) in [5, 5.41) is 3.25. The molecule has 3 rings (SSSR count). The van der Waals surface area contributed by atoms with Crippen LogP contribution in [0.25, 0.3) is 10.9 Å². The molecule has 0 spiro atoms. The highest BCUT2D eigenvalue weighted by atomic mass is 19.4. The number of ether oxygens (including phenoxy) is 1. The zero-order valence-electron chi connectivity index (χ0n) is 14.6. The summed E-state index contributed by atoms with van der Waals surface area (Å²) < 4.78 is 42.2. The van der Waals surface area contributed by atoms with Crippen LogP contribution in [0.15, 0.2) is 24.3 Å². The second kappa shape index (κ2) is 7.01. The first-order valence-corrected chi connectivity index (χ1v) is 8.41. The molecule has 140 valence electrons. The Hall–Kier alpha value is -2.51. The van der Waals surface area contributed by atoms with Gasteiger partial charge in [0.2, 0.25) is 5.91 Å². The number of rotatable bonds is 3. The van der Waals surface area contributed by atoms with Crippen molar-refractivity contribution in [3.05, 3.63) is 30.0 Å². The van der Waals surface area contributed by atoms with Crippen molar-refractivity contribution < 1.29 is 22.7 Å². The van der Waals surface area contributed by atoms with Crippen molar-refractivity contribution in [1.29, 1.82) is 0 Å². The number of aromatic nitrogens is 1. The molecule has 1 amide bonds. The van der Waals surface area contributed by atoms with Crippen LogP contribution in [0.4, 0.5) is 18.9 Å². The number of benzene rings is 1. The van der Waals surface area contributed by atoms with Gasteiger partial charge < -0.3 is 15.0 Å². The Morgan fingerprint density at radius 2 is 2.15 bits per heavy atom. The standard InChI is InChI=1S/C18H20F3N3O2/c1-11-9-14(24-8-4-5-12(10-24)17(25)22-2)13-6-3-7-15(16(13)23-11)26-18(19,20)21/h3,6-7,9,12H,4-5,8,10H2,1-2H3,(H,22,25)/t12-/m1/s1. The minimum absolute atomic E-state index is 0.0223. The fourth-order valence-corrected chi connectivity index (χ4v) is 3.41. The number of carbonyl (C=O) groups excluding carboxylic acids is 1. The molecular weight excluding hydrogens is 347 g/mol. The van der Waals surface area contributed by atoms with Crippen LogP contribution in [0, 0.1) is 12.8 Å². The van der Waals surface area contributed by atoms with Crippen LogP contribution in [-0.2, 0) is 4.79 Å². The van der Waals surface area contributed by atoms with E-state index in [1.54, 1.807) is 20.0 Å². The number of para-hydroxylation sites is 1. The molecule has 1 aromatic heterocycles. The van der Waals surface area contributed by atoms with Crippen LogP contribution in [0.5, 0.6) is 5.75 Å². The molecule has 1 saturated heterocycles. The number of fused-ring (bicyclic) bond motifs is 1. The van der Waals surface area contributed by atoms with E-state index in [0.29, 0.717) is 17.6 Å². The lowest BCUT2D eigenvalue weighted by molar-refractivity contribution is -0.274. The van der Waals surface area contributed by atoms with E-state index in [0.717, 1.165) is 25.1 Å². The molecule has 1 atom stereocenters. The molecule has 0 aliphatic carbocycles. The Bertz CT molecular complexity index is 823. The van der Waals surface area contributed by atoms with E-state index in [1.807, 2.05) is 11.0 Å². The molecular formula is C18H20F3N3O2. The van der Waals surface area contributed by atoms with Crippen molar-refractivity contribution in [2.24, 2.45) is 5.92 Å². The summed E-state index contributed by atoms with van der Waals surface area (Å²) in [6.07, 6.45) is -3.16. The molecule has 2 heterocycles.